The first-order valence-corrected chi connectivity index (χ1v) is 7.57. The van der Waals surface area contributed by atoms with Gasteiger partial charge in [0.05, 0.1) is 10.9 Å². The number of nitrogens with two attached hydrogens (primary N) is 1. The zero-order chi connectivity index (χ0) is 13.2. The van der Waals surface area contributed by atoms with E-state index in [9.17, 15) is 12.8 Å². The first kappa shape index (κ1) is 13.3. The van der Waals surface area contributed by atoms with E-state index < -0.39 is 15.8 Å². The maximum Gasteiger partial charge on any atom is 0.235 e. The molecule has 100 valence electrons. The van der Waals surface area contributed by atoms with Gasteiger partial charge < -0.3 is 5.73 Å². The molecule has 1 aromatic carbocycles. The highest BCUT2D eigenvalue weighted by Crippen LogP contribution is 2.27. The minimum absolute atomic E-state index is 0.0975. The molecule has 4 nitrogen and oxygen atoms in total. The van der Waals surface area contributed by atoms with Crippen molar-refractivity contribution < 1.29 is 12.8 Å². The molecule has 1 fully saturated rings. The van der Waals surface area contributed by atoms with Crippen LogP contribution >= 0.6 is 0 Å². The van der Waals surface area contributed by atoms with Gasteiger partial charge in [-0.2, -0.15) is 0 Å². The molecule has 3 N–H and O–H groups in total. The number of anilines is 1. The van der Waals surface area contributed by atoms with Gasteiger partial charge in [0.15, 0.2) is 0 Å². The molecule has 0 bridgehead atoms. The number of sulfonamides is 1. The normalized spacial score (nSPS) is 17.0. The van der Waals surface area contributed by atoms with Crippen LogP contribution in [-0.2, 0) is 16.6 Å². The number of hydrogen-bond donors (Lipinski definition) is 2. The Hall–Kier alpha value is -1.14. The molecular formula is C12H17FN2O2S. The van der Waals surface area contributed by atoms with Crippen LogP contribution < -0.4 is 10.5 Å². The summed E-state index contributed by atoms with van der Waals surface area (Å²) in [5.74, 6) is -0.417. The van der Waals surface area contributed by atoms with Crippen molar-refractivity contribution >= 4 is 15.7 Å². The zero-order valence-corrected chi connectivity index (χ0v) is 10.8. The van der Waals surface area contributed by atoms with E-state index in [0.717, 1.165) is 12.8 Å². The van der Waals surface area contributed by atoms with Gasteiger partial charge in [0, 0.05) is 6.54 Å². The van der Waals surface area contributed by atoms with Crippen molar-refractivity contribution in [3.05, 3.63) is 29.6 Å². The second kappa shape index (κ2) is 5.24. The SMILES string of the molecule is NCc1cc(F)ccc1NS(=O)(=O)C1CCCC1. The highest BCUT2D eigenvalue weighted by molar-refractivity contribution is 7.93. The summed E-state index contributed by atoms with van der Waals surface area (Å²) in [5.41, 5.74) is 6.34. The fourth-order valence-corrected chi connectivity index (χ4v) is 3.89. The van der Waals surface area contributed by atoms with E-state index in [-0.39, 0.29) is 11.8 Å². The third-order valence-electron chi connectivity index (χ3n) is 3.28. The molecule has 2 rings (SSSR count). The zero-order valence-electron chi connectivity index (χ0n) is 10.0. The van der Waals surface area contributed by atoms with Gasteiger partial charge in [-0.15, -0.1) is 0 Å². The lowest BCUT2D eigenvalue weighted by Gasteiger charge is -2.15. The quantitative estimate of drug-likeness (QED) is 0.880. The Morgan fingerprint density at radius 3 is 2.61 bits per heavy atom. The molecule has 1 aromatic rings. The summed E-state index contributed by atoms with van der Waals surface area (Å²) in [6, 6.07) is 3.90. The van der Waals surface area contributed by atoms with E-state index >= 15 is 0 Å². The third kappa shape index (κ3) is 2.81. The van der Waals surface area contributed by atoms with Crippen LogP contribution in [-0.4, -0.2) is 13.7 Å². The summed E-state index contributed by atoms with van der Waals surface area (Å²) in [4.78, 5) is 0. The smallest absolute Gasteiger partial charge is 0.235 e. The van der Waals surface area contributed by atoms with E-state index in [1.165, 1.54) is 18.2 Å². The summed E-state index contributed by atoms with van der Waals surface area (Å²) in [6.07, 6.45) is 3.26. The molecule has 0 saturated heterocycles. The highest BCUT2D eigenvalue weighted by atomic mass is 32.2. The molecule has 0 aromatic heterocycles. The average Bonchev–Trinajstić information content (AvgIpc) is 2.85. The maximum absolute atomic E-state index is 13.0. The van der Waals surface area contributed by atoms with E-state index in [2.05, 4.69) is 4.72 Å². The molecule has 1 saturated carbocycles. The van der Waals surface area contributed by atoms with E-state index in [1.807, 2.05) is 0 Å². The van der Waals surface area contributed by atoms with Crippen LogP contribution in [0, 0.1) is 5.82 Å². The van der Waals surface area contributed by atoms with Crippen molar-refractivity contribution in [3.63, 3.8) is 0 Å². The van der Waals surface area contributed by atoms with Gasteiger partial charge in [0.25, 0.3) is 0 Å². The van der Waals surface area contributed by atoms with Crippen molar-refractivity contribution in [2.75, 3.05) is 4.72 Å². The molecule has 6 heteroatoms. The lowest BCUT2D eigenvalue weighted by atomic mass is 10.2. The summed E-state index contributed by atoms with van der Waals surface area (Å²) in [7, 11) is -3.39. The number of benzene rings is 1. The van der Waals surface area contributed by atoms with Crippen LogP contribution in [0.3, 0.4) is 0 Å². The van der Waals surface area contributed by atoms with Crippen molar-refractivity contribution in [1.82, 2.24) is 0 Å². The van der Waals surface area contributed by atoms with Crippen molar-refractivity contribution in [2.24, 2.45) is 5.73 Å². The fraction of sp³-hybridized carbons (Fsp3) is 0.500. The van der Waals surface area contributed by atoms with Gasteiger partial charge in [-0.05, 0) is 36.6 Å². The van der Waals surface area contributed by atoms with Crippen molar-refractivity contribution in [2.45, 2.75) is 37.5 Å². The van der Waals surface area contributed by atoms with E-state index in [0.29, 0.717) is 24.1 Å². The standard InChI is InChI=1S/C12H17FN2O2S/c13-10-5-6-12(9(7-10)8-14)15-18(16,17)11-3-1-2-4-11/h5-7,11,15H,1-4,8,14H2. The number of halogens is 1. The molecule has 0 unspecified atom stereocenters. The summed E-state index contributed by atoms with van der Waals surface area (Å²) >= 11 is 0. The predicted molar refractivity (Wildman–Crippen MR) is 69.1 cm³/mol. The number of hydrogen-bond acceptors (Lipinski definition) is 3. The van der Waals surface area contributed by atoms with Crippen molar-refractivity contribution in [1.29, 1.82) is 0 Å². The molecule has 0 atom stereocenters. The average molecular weight is 272 g/mol. The first-order valence-electron chi connectivity index (χ1n) is 6.03. The Morgan fingerprint density at radius 1 is 1.33 bits per heavy atom. The van der Waals surface area contributed by atoms with E-state index in [4.69, 9.17) is 5.73 Å². The van der Waals surface area contributed by atoms with Gasteiger partial charge in [0.1, 0.15) is 5.82 Å². The number of rotatable bonds is 4. The summed E-state index contributed by atoms with van der Waals surface area (Å²) in [5, 5.41) is -0.340. The Kier molecular flexibility index (Phi) is 3.87. The molecular weight excluding hydrogens is 255 g/mol. The molecule has 1 aliphatic rings. The monoisotopic (exact) mass is 272 g/mol. The molecule has 1 aliphatic carbocycles. The largest absolute Gasteiger partial charge is 0.326 e. The van der Waals surface area contributed by atoms with Crippen molar-refractivity contribution in [3.8, 4) is 0 Å². The number of nitrogens with one attached hydrogen (secondary N) is 1. The molecule has 0 aliphatic heterocycles. The van der Waals surface area contributed by atoms with Gasteiger partial charge in [-0.25, -0.2) is 12.8 Å². The van der Waals surface area contributed by atoms with E-state index in [1.54, 1.807) is 0 Å². The lowest BCUT2D eigenvalue weighted by Crippen LogP contribution is -2.26. The van der Waals surface area contributed by atoms with Gasteiger partial charge >= 0.3 is 0 Å². The molecule has 0 radical (unpaired) electrons. The second-order valence-corrected chi connectivity index (χ2v) is 6.52. The van der Waals surface area contributed by atoms with Crippen LogP contribution in [0.5, 0.6) is 0 Å². The Balaban J connectivity index is 2.23. The van der Waals surface area contributed by atoms with Gasteiger partial charge in [-0.3, -0.25) is 4.72 Å². The Morgan fingerprint density at radius 2 is 2.00 bits per heavy atom. The molecule has 0 spiro atoms. The molecule has 18 heavy (non-hydrogen) atoms. The fourth-order valence-electron chi connectivity index (χ4n) is 2.27. The van der Waals surface area contributed by atoms with Crippen LogP contribution in [0.4, 0.5) is 10.1 Å². The maximum atomic E-state index is 13.0. The third-order valence-corrected chi connectivity index (χ3v) is 5.13. The molecule has 0 amide bonds. The summed E-state index contributed by atoms with van der Waals surface area (Å²) in [6.45, 7) is 0.0975. The minimum atomic E-state index is -3.39. The van der Waals surface area contributed by atoms with Crippen LogP contribution in [0.25, 0.3) is 0 Å². The van der Waals surface area contributed by atoms with Crippen LogP contribution in [0.2, 0.25) is 0 Å². The van der Waals surface area contributed by atoms with Crippen LogP contribution in [0.15, 0.2) is 18.2 Å². The minimum Gasteiger partial charge on any atom is -0.326 e. The Bertz CT molecular complexity index is 525. The predicted octanol–water partition coefficient (Wildman–Crippen LogP) is 1.97. The van der Waals surface area contributed by atoms with Gasteiger partial charge in [-0.1, -0.05) is 12.8 Å². The van der Waals surface area contributed by atoms with Crippen LogP contribution in [0.1, 0.15) is 31.2 Å². The lowest BCUT2D eigenvalue weighted by molar-refractivity contribution is 0.585. The second-order valence-electron chi connectivity index (χ2n) is 4.56. The van der Waals surface area contributed by atoms with Gasteiger partial charge in [0.2, 0.25) is 10.0 Å². The first-order chi connectivity index (χ1) is 8.53. The summed E-state index contributed by atoms with van der Waals surface area (Å²) < 4.78 is 39.8. The Labute approximate surface area is 106 Å². The topological polar surface area (TPSA) is 72.2 Å². The highest BCUT2D eigenvalue weighted by Gasteiger charge is 2.29. The molecule has 0 heterocycles.